The Kier molecular flexibility index (Phi) is 3.31. The Morgan fingerprint density at radius 3 is 2.95 bits per heavy atom. The Bertz CT molecular complexity index is 604. The summed E-state index contributed by atoms with van der Waals surface area (Å²) in [4.78, 5) is 6.43. The van der Waals surface area contributed by atoms with E-state index in [9.17, 15) is 5.11 Å². The number of aliphatic hydroxyl groups is 1. The van der Waals surface area contributed by atoms with E-state index in [4.69, 9.17) is 11.6 Å². The number of anilines is 1. The maximum absolute atomic E-state index is 10.00. The summed E-state index contributed by atoms with van der Waals surface area (Å²) in [7, 11) is 2.01. The molecule has 2 aromatic rings. The fourth-order valence-corrected chi connectivity index (χ4v) is 2.73. The molecule has 0 unspecified atom stereocenters. The van der Waals surface area contributed by atoms with Crippen LogP contribution in [0.1, 0.15) is 0 Å². The number of fused-ring (bicyclic) bond motifs is 1. The first-order chi connectivity index (χ1) is 9.13. The number of aliphatic hydroxyl groups excluding tert-OH is 1. The van der Waals surface area contributed by atoms with E-state index in [1.807, 2.05) is 31.3 Å². The van der Waals surface area contributed by atoms with Crippen molar-refractivity contribution in [2.45, 2.75) is 12.1 Å². The smallest absolute Gasteiger partial charge is 0.0880 e. The summed E-state index contributed by atoms with van der Waals surface area (Å²) < 4.78 is 0. The predicted molar refractivity (Wildman–Crippen MR) is 77.7 cm³/mol. The van der Waals surface area contributed by atoms with Gasteiger partial charge in [0.25, 0.3) is 0 Å². The lowest BCUT2D eigenvalue weighted by molar-refractivity contribution is 0.174. The van der Waals surface area contributed by atoms with Crippen LogP contribution in [0.15, 0.2) is 30.5 Å². The Balaban J connectivity index is 1.93. The summed E-state index contributed by atoms with van der Waals surface area (Å²) in [6.45, 7) is 1.53. The van der Waals surface area contributed by atoms with Crippen molar-refractivity contribution in [1.29, 1.82) is 0 Å². The Morgan fingerprint density at radius 2 is 2.21 bits per heavy atom. The third kappa shape index (κ3) is 2.52. The van der Waals surface area contributed by atoms with Crippen molar-refractivity contribution >= 4 is 28.2 Å². The van der Waals surface area contributed by atoms with Crippen LogP contribution in [0.3, 0.4) is 0 Å². The summed E-state index contributed by atoms with van der Waals surface area (Å²) in [6.07, 6.45) is 1.41. The number of hydrogen-bond acceptors (Lipinski definition) is 4. The minimum Gasteiger partial charge on any atom is -0.390 e. The van der Waals surface area contributed by atoms with E-state index >= 15 is 0 Å². The van der Waals surface area contributed by atoms with Crippen LogP contribution in [0, 0.1) is 0 Å². The Labute approximate surface area is 117 Å². The van der Waals surface area contributed by atoms with Gasteiger partial charge in [0, 0.05) is 35.4 Å². The van der Waals surface area contributed by atoms with Gasteiger partial charge in [0.05, 0.1) is 17.7 Å². The van der Waals surface area contributed by atoms with Gasteiger partial charge in [0.15, 0.2) is 0 Å². The van der Waals surface area contributed by atoms with E-state index in [0.29, 0.717) is 11.6 Å². The zero-order valence-corrected chi connectivity index (χ0v) is 11.4. The minimum atomic E-state index is -0.347. The van der Waals surface area contributed by atoms with Gasteiger partial charge in [0.1, 0.15) is 0 Å². The molecular weight excluding hydrogens is 262 g/mol. The fourth-order valence-electron chi connectivity index (χ4n) is 2.57. The van der Waals surface area contributed by atoms with Crippen molar-refractivity contribution in [3.63, 3.8) is 0 Å². The number of aromatic nitrogens is 1. The molecular formula is C14H16ClN3O. The van der Waals surface area contributed by atoms with Crippen molar-refractivity contribution in [3.05, 3.63) is 35.5 Å². The summed E-state index contributed by atoms with van der Waals surface area (Å²) >= 11 is 5.98. The third-order valence-electron chi connectivity index (χ3n) is 3.52. The molecule has 100 valence electrons. The Hall–Kier alpha value is -1.36. The fraction of sp³-hybridized carbons (Fsp3) is 0.357. The molecule has 3 rings (SSSR count). The van der Waals surface area contributed by atoms with Gasteiger partial charge in [-0.15, -0.1) is 0 Å². The molecule has 0 radical (unpaired) electrons. The number of hydrogen-bond donors (Lipinski definition) is 2. The maximum Gasteiger partial charge on any atom is 0.0880 e. The molecule has 19 heavy (non-hydrogen) atoms. The molecule has 0 bridgehead atoms. The molecule has 1 saturated heterocycles. The summed E-state index contributed by atoms with van der Waals surface area (Å²) in [6, 6.07) is 7.64. The van der Waals surface area contributed by atoms with Crippen LogP contribution in [0.4, 0.5) is 5.69 Å². The number of rotatable bonds is 2. The second-order valence-corrected chi connectivity index (χ2v) is 5.50. The predicted octanol–water partition coefficient (Wildman–Crippen LogP) is 1.97. The van der Waals surface area contributed by atoms with Crippen molar-refractivity contribution in [2.75, 3.05) is 25.5 Å². The minimum absolute atomic E-state index is 0.0475. The zero-order chi connectivity index (χ0) is 13.4. The number of likely N-dealkylation sites (N-methyl/N-ethyl adjacent to an activating group) is 1. The molecule has 0 aliphatic carbocycles. The highest BCUT2D eigenvalue weighted by molar-refractivity contribution is 6.31. The highest BCUT2D eigenvalue weighted by Crippen LogP contribution is 2.26. The highest BCUT2D eigenvalue weighted by atomic mass is 35.5. The van der Waals surface area contributed by atoms with Crippen LogP contribution in [0.5, 0.6) is 0 Å². The topological polar surface area (TPSA) is 48.4 Å². The van der Waals surface area contributed by atoms with Gasteiger partial charge in [-0.25, -0.2) is 0 Å². The van der Waals surface area contributed by atoms with Crippen LogP contribution >= 0.6 is 11.6 Å². The Morgan fingerprint density at radius 1 is 1.37 bits per heavy atom. The number of benzene rings is 1. The number of likely N-dealkylation sites (tertiary alicyclic amines) is 1. The van der Waals surface area contributed by atoms with Gasteiger partial charge >= 0.3 is 0 Å². The molecule has 1 aromatic heterocycles. The van der Waals surface area contributed by atoms with Crippen LogP contribution in [0.25, 0.3) is 10.9 Å². The summed E-state index contributed by atoms with van der Waals surface area (Å²) in [5.74, 6) is 0. The second kappa shape index (κ2) is 4.96. The molecule has 0 spiro atoms. The number of nitrogens with one attached hydrogen (secondary N) is 1. The van der Waals surface area contributed by atoms with Gasteiger partial charge < -0.3 is 15.3 Å². The zero-order valence-electron chi connectivity index (χ0n) is 10.7. The van der Waals surface area contributed by atoms with Gasteiger partial charge in [0.2, 0.25) is 0 Å². The van der Waals surface area contributed by atoms with E-state index in [-0.39, 0.29) is 12.1 Å². The highest BCUT2D eigenvalue weighted by Gasteiger charge is 2.29. The van der Waals surface area contributed by atoms with Crippen LogP contribution in [0.2, 0.25) is 5.02 Å². The first-order valence-electron chi connectivity index (χ1n) is 6.31. The van der Waals surface area contributed by atoms with Gasteiger partial charge in [-0.05, 0) is 31.3 Å². The van der Waals surface area contributed by atoms with Gasteiger partial charge in [-0.2, -0.15) is 0 Å². The molecule has 5 heteroatoms. The first kappa shape index (κ1) is 12.7. The van der Waals surface area contributed by atoms with E-state index in [1.54, 1.807) is 6.20 Å². The normalized spacial score (nSPS) is 23.9. The molecule has 2 N–H and O–H groups in total. The number of β-amino-alcohol motifs (C(OH)–C–C–N with tert-alkyl or cyclic N) is 1. The third-order valence-corrected chi connectivity index (χ3v) is 3.75. The number of pyridine rings is 1. The lowest BCUT2D eigenvalue weighted by atomic mass is 10.1. The molecule has 0 saturated carbocycles. The average Bonchev–Trinajstić information content (AvgIpc) is 2.68. The monoisotopic (exact) mass is 277 g/mol. The molecule has 1 aromatic carbocycles. The van der Waals surface area contributed by atoms with E-state index in [0.717, 1.165) is 23.1 Å². The molecule has 1 aliphatic rings. The summed E-state index contributed by atoms with van der Waals surface area (Å²) in [5.41, 5.74) is 1.85. The van der Waals surface area contributed by atoms with Crippen LogP contribution in [-0.4, -0.2) is 47.3 Å². The van der Waals surface area contributed by atoms with Crippen molar-refractivity contribution in [2.24, 2.45) is 0 Å². The lowest BCUT2D eigenvalue weighted by Crippen LogP contribution is -2.32. The first-order valence-corrected chi connectivity index (χ1v) is 6.69. The van der Waals surface area contributed by atoms with E-state index in [1.165, 1.54) is 0 Å². The van der Waals surface area contributed by atoms with Crippen LogP contribution < -0.4 is 5.32 Å². The molecule has 4 nitrogen and oxygen atoms in total. The molecule has 2 heterocycles. The molecule has 1 aliphatic heterocycles. The van der Waals surface area contributed by atoms with Gasteiger partial charge in [-0.3, -0.25) is 4.98 Å². The van der Waals surface area contributed by atoms with Gasteiger partial charge in [-0.1, -0.05) is 11.6 Å². The average molecular weight is 278 g/mol. The van der Waals surface area contributed by atoms with E-state index < -0.39 is 0 Å². The van der Waals surface area contributed by atoms with Crippen molar-refractivity contribution in [3.8, 4) is 0 Å². The standard InChI is InChI=1S/C14H16ClN3O/c1-18-7-13(14(19)8-18)17-11-4-5-16-12-6-9(15)2-3-10(11)12/h2-6,13-14,19H,7-8H2,1H3,(H,16,17)/t13-,14-/m1/s1. The number of nitrogens with zero attached hydrogens (tertiary/aromatic N) is 2. The number of halogens is 1. The lowest BCUT2D eigenvalue weighted by Gasteiger charge is -2.18. The summed E-state index contributed by atoms with van der Waals surface area (Å²) in [5, 5.41) is 15.1. The van der Waals surface area contributed by atoms with Crippen LogP contribution in [-0.2, 0) is 0 Å². The maximum atomic E-state index is 10.00. The molecule has 0 amide bonds. The quantitative estimate of drug-likeness (QED) is 0.881. The second-order valence-electron chi connectivity index (χ2n) is 5.06. The molecule has 2 atom stereocenters. The van der Waals surface area contributed by atoms with Crippen molar-refractivity contribution in [1.82, 2.24) is 9.88 Å². The van der Waals surface area contributed by atoms with E-state index in [2.05, 4.69) is 15.2 Å². The van der Waals surface area contributed by atoms with Crippen molar-refractivity contribution < 1.29 is 5.11 Å². The largest absolute Gasteiger partial charge is 0.390 e. The SMILES string of the molecule is CN1C[C@@H](O)[C@H](Nc2ccnc3cc(Cl)ccc23)C1. The molecule has 1 fully saturated rings.